The number of carbonyl (C=O) groups is 2. The number of aromatic hydroxyl groups is 1. The Balaban J connectivity index is 1.62. The van der Waals surface area contributed by atoms with Crippen LogP contribution in [0.2, 0.25) is 0 Å². The predicted molar refractivity (Wildman–Crippen MR) is 111 cm³/mol. The molecule has 1 aromatic carbocycles. The zero-order valence-electron chi connectivity index (χ0n) is 17.7. The number of hydrogen-bond acceptors (Lipinski definition) is 5. The van der Waals surface area contributed by atoms with Crippen molar-refractivity contribution < 1.29 is 23.8 Å². The Kier molecular flexibility index (Phi) is 5.21. The topological polar surface area (TPSA) is 88.8 Å². The van der Waals surface area contributed by atoms with E-state index in [1.54, 1.807) is 17.0 Å². The van der Waals surface area contributed by atoms with E-state index >= 15 is 0 Å². The highest BCUT2D eigenvalue weighted by Crippen LogP contribution is 2.36. The number of aryl methyl sites for hydroxylation is 1. The van der Waals surface area contributed by atoms with Crippen LogP contribution in [0.15, 0.2) is 35.3 Å². The van der Waals surface area contributed by atoms with E-state index in [4.69, 9.17) is 4.74 Å². The van der Waals surface area contributed by atoms with Gasteiger partial charge in [0.05, 0.1) is 24.8 Å². The molecule has 1 aromatic heterocycles. The van der Waals surface area contributed by atoms with Gasteiger partial charge in [-0.3, -0.25) is 14.4 Å². The second-order valence-electron chi connectivity index (χ2n) is 9.15. The molecule has 2 aliphatic rings. The molecule has 0 spiro atoms. The van der Waals surface area contributed by atoms with Crippen LogP contribution >= 0.6 is 0 Å². The van der Waals surface area contributed by atoms with E-state index in [9.17, 15) is 23.9 Å². The van der Waals surface area contributed by atoms with E-state index in [-0.39, 0.29) is 41.5 Å². The summed E-state index contributed by atoms with van der Waals surface area (Å²) < 4.78 is 20.3. The van der Waals surface area contributed by atoms with Crippen molar-refractivity contribution in [3.8, 4) is 5.75 Å². The van der Waals surface area contributed by atoms with Gasteiger partial charge in [0.25, 0.3) is 5.91 Å². The van der Waals surface area contributed by atoms with Gasteiger partial charge in [0, 0.05) is 12.6 Å². The van der Waals surface area contributed by atoms with Crippen LogP contribution in [-0.4, -0.2) is 45.1 Å². The molecule has 0 unspecified atom stereocenters. The molecule has 0 radical (unpaired) electrons. The Hall–Kier alpha value is -3.00. The quantitative estimate of drug-likeness (QED) is 0.757. The third-order valence-corrected chi connectivity index (χ3v) is 5.99. The fourth-order valence-electron chi connectivity index (χ4n) is 4.19. The van der Waals surface area contributed by atoms with Crippen LogP contribution < -0.4 is 5.43 Å². The van der Waals surface area contributed by atoms with E-state index in [2.05, 4.69) is 0 Å². The van der Waals surface area contributed by atoms with Gasteiger partial charge in [-0.05, 0) is 29.5 Å². The van der Waals surface area contributed by atoms with E-state index in [0.717, 1.165) is 5.56 Å². The highest BCUT2D eigenvalue weighted by Gasteiger charge is 2.48. The first-order chi connectivity index (χ1) is 14.6. The standard InChI is InChI=1S/C23H25FN2O5/c1-23(2,3)17-12-31-18-11-25-10-15(20(28)21(29)19(25)22(30)26(17)18)16(27)9-6-13-4-7-14(24)8-5-13/h4-5,7-8,10,17-18,29H,6,9,11-12H2,1-3H3/t17-,18-/m1/s1. The highest BCUT2D eigenvalue weighted by atomic mass is 19.1. The first-order valence-corrected chi connectivity index (χ1v) is 10.3. The van der Waals surface area contributed by atoms with Gasteiger partial charge in [0.15, 0.2) is 23.5 Å². The van der Waals surface area contributed by atoms with Crippen molar-refractivity contribution in [3.63, 3.8) is 0 Å². The predicted octanol–water partition coefficient (Wildman–Crippen LogP) is 2.74. The molecule has 31 heavy (non-hydrogen) atoms. The molecule has 7 nitrogen and oxygen atoms in total. The Morgan fingerprint density at radius 1 is 1.23 bits per heavy atom. The number of Topliss-reactive ketones (excluding diaryl/α,β-unsaturated/α-hetero) is 1. The molecule has 164 valence electrons. The number of nitrogens with zero attached hydrogens (tertiary/aromatic N) is 2. The summed E-state index contributed by atoms with van der Waals surface area (Å²) in [6.07, 6.45) is 1.17. The van der Waals surface area contributed by atoms with Crippen LogP contribution in [0.1, 0.15) is 53.6 Å². The maximum Gasteiger partial charge on any atom is 0.276 e. The minimum atomic E-state index is -0.852. The van der Waals surface area contributed by atoms with Gasteiger partial charge < -0.3 is 19.3 Å². The van der Waals surface area contributed by atoms with Crippen LogP contribution in [0.25, 0.3) is 0 Å². The summed E-state index contributed by atoms with van der Waals surface area (Å²) in [5.74, 6) is -2.01. The summed E-state index contributed by atoms with van der Waals surface area (Å²) in [5.41, 5.74) is -0.616. The average molecular weight is 428 g/mol. The lowest BCUT2D eigenvalue weighted by molar-refractivity contribution is 0.00149. The smallest absolute Gasteiger partial charge is 0.276 e. The second kappa shape index (κ2) is 7.60. The van der Waals surface area contributed by atoms with Crippen molar-refractivity contribution in [1.29, 1.82) is 0 Å². The third-order valence-electron chi connectivity index (χ3n) is 5.99. The molecule has 0 saturated carbocycles. The number of fused-ring (bicyclic) bond motifs is 2. The second-order valence-corrected chi connectivity index (χ2v) is 9.15. The number of ketones is 1. The summed E-state index contributed by atoms with van der Waals surface area (Å²) in [4.78, 5) is 40.2. The van der Waals surface area contributed by atoms with Crippen molar-refractivity contribution in [3.05, 3.63) is 63.3 Å². The van der Waals surface area contributed by atoms with E-state index in [0.29, 0.717) is 13.0 Å². The molecular weight excluding hydrogens is 403 g/mol. The first kappa shape index (κ1) is 21.2. The Bertz CT molecular complexity index is 1100. The molecule has 2 atom stereocenters. The molecule has 8 heteroatoms. The maximum atomic E-state index is 13.2. The fraction of sp³-hybridized carbons (Fsp3) is 0.435. The minimum Gasteiger partial charge on any atom is -0.503 e. The average Bonchev–Trinajstić information content (AvgIpc) is 3.14. The molecule has 1 N–H and O–H groups in total. The molecule has 2 aromatic rings. The van der Waals surface area contributed by atoms with Gasteiger partial charge in [0.1, 0.15) is 5.82 Å². The molecule has 2 aliphatic heterocycles. The maximum absolute atomic E-state index is 13.2. The van der Waals surface area contributed by atoms with E-state index in [1.165, 1.54) is 22.9 Å². The van der Waals surface area contributed by atoms with Gasteiger partial charge >= 0.3 is 0 Å². The van der Waals surface area contributed by atoms with Crippen molar-refractivity contribution >= 4 is 11.7 Å². The lowest BCUT2D eigenvalue weighted by atomic mass is 9.86. The summed E-state index contributed by atoms with van der Waals surface area (Å²) in [5, 5.41) is 10.6. The van der Waals surface area contributed by atoms with Gasteiger partial charge in [-0.15, -0.1) is 0 Å². The largest absolute Gasteiger partial charge is 0.503 e. The van der Waals surface area contributed by atoms with Gasteiger partial charge in [-0.1, -0.05) is 32.9 Å². The number of aromatic nitrogens is 1. The minimum absolute atomic E-state index is 0.0196. The molecular formula is C23H25FN2O5. The number of ether oxygens (including phenoxy) is 1. The van der Waals surface area contributed by atoms with Gasteiger partial charge in [-0.2, -0.15) is 0 Å². The molecule has 0 aliphatic carbocycles. The van der Waals surface area contributed by atoms with Gasteiger partial charge in [-0.25, -0.2) is 4.39 Å². The van der Waals surface area contributed by atoms with Gasteiger partial charge in [0.2, 0.25) is 5.43 Å². The molecule has 0 bridgehead atoms. The Labute approximate surface area is 179 Å². The van der Waals surface area contributed by atoms with Crippen molar-refractivity contribution in [2.24, 2.45) is 5.41 Å². The van der Waals surface area contributed by atoms with Crippen LogP contribution in [0.3, 0.4) is 0 Å². The fourth-order valence-corrected chi connectivity index (χ4v) is 4.19. The zero-order chi connectivity index (χ0) is 22.5. The summed E-state index contributed by atoms with van der Waals surface area (Å²) in [7, 11) is 0. The molecule has 3 heterocycles. The van der Waals surface area contributed by atoms with E-state index < -0.39 is 29.1 Å². The normalized spacial score (nSPS) is 20.5. The zero-order valence-corrected chi connectivity index (χ0v) is 17.7. The SMILES string of the molecule is CC(C)(C)[C@H]1CO[C@@H]2Cn3cc(C(=O)CCc4ccc(F)cc4)c(=O)c(O)c3C(=O)N21. The number of carbonyl (C=O) groups excluding carboxylic acids is 2. The number of benzene rings is 1. The summed E-state index contributed by atoms with van der Waals surface area (Å²) in [6, 6.07) is 5.59. The summed E-state index contributed by atoms with van der Waals surface area (Å²) >= 11 is 0. The molecule has 1 amide bonds. The first-order valence-electron chi connectivity index (χ1n) is 10.3. The van der Waals surface area contributed by atoms with Crippen LogP contribution in [-0.2, 0) is 17.7 Å². The lowest BCUT2D eigenvalue weighted by Gasteiger charge is -2.39. The molecule has 1 fully saturated rings. The lowest BCUT2D eigenvalue weighted by Crippen LogP contribution is -2.53. The molecule has 1 saturated heterocycles. The Morgan fingerprint density at radius 2 is 1.90 bits per heavy atom. The van der Waals surface area contributed by atoms with Crippen LogP contribution in [0.4, 0.5) is 4.39 Å². The van der Waals surface area contributed by atoms with E-state index in [1.807, 2.05) is 20.8 Å². The summed E-state index contributed by atoms with van der Waals surface area (Å²) in [6.45, 7) is 6.59. The van der Waals surface area contributed by atoms with Crippen molar-refractivity contribution in [1.82, 2.24) is 9.47 Å². The Morgan fingerprint density at radius 3 is 2.55 bits per heavy atom. The number of pyridine rings is 1. The monoisotopic (exact) mass is 428 g/mol. The third kappa shape index (κ3) is 3.76. The van der Waals surface area contributed by atoms with Crippen LogP contribution in [0, 0.1) is 11.2 Å². The number of amides is 1. The van der Waals surface area contributed by atoms with Crippen molar-refractivity contribution in [2.45, 2.75) is 52.4 Å². The van der Waals surface area contributed by atoms with Crippen LogP contribution in [0.5, 0.6) is 5.75 Å². The number of rotatable bonds is 4. The number of halogens is 1. The van der Waals surface area contributed by atoms with Crippen molar-refractivity contribution in [2.75, 3.05) is 6.61 Å². The number of hydrogen-bond donors (Lipinski definition) is 1. The molecule has 4 rings (SSSR count). The highest BCUT2D eigenvalue weighted by molar-refractivity contribution is 6.00.